The van der Waals surface area contributed by atoms with Crippen molar-refractivity contribution in [1.29, 1.82) is 0 Å². The van der Waals surface area contributed by atoms with Crippen molar-refractivity contribution >= 4 is 23.0 Å². The fourth-order valence-corrected chi connectivity index (χ4v) is 3.14. The molecule has 0 saturated heterocycles. The van der Waals surface area contributed by atoms with Crippen LogP contribution in [0.1, 0.15) is 34.1 Å². The summed E-state index contributed by atoms with van der Waals surface area (Å²) in [6, 6.07) is 8.72. The third-order valence-electron chi connectivity index (χ3n) is 3.47. The van der Waals surface area contributed by atoms with Gasteiger partial charge in [-0.3, -0.25) is 0 Å². The maximum absolute atomic E-state index is 11.8. The van der Waals surface area contributed by atoms with Crippen LogP contribution >= 0.6 is 11.3 Å². The molecular formula is C16H15NO3S. The summed E-state index contributed by atoms with van der Waals surface area (Å²) in [5.74, 6) is 0.215. The van der Waals surface area contributed by atoms with Gasteiger partial charge in [0.05, 0.1) is 5.71 Å². The van der Waals surface area contributed by atoms with Gasteiger partial charge in [-0.2, -0.15) is 0 Å². The molecule has 0 saturated carbocycles. The minimum atomic E-state index is -0.434. The van der Waals surface area contributed by atoms with E-state index in [9.17, 15) is 9.90 Å². The molecule has 3 rings (SSSR count). The molecule has 0 radical (unpaired) electrons. The second-order valence-electron chi connectivity index (χ2n) is 5.25. The SMILES string of the molecule is C[C@@H]1C/C(=N\OC(=O)c2cccs2)c2ccc(O)cc2C1. The van der Waals surface area contributed by atoms with Gasteiger partial charge >= 0.3 is 5.97 Å². The Hall–Kier alpha value is -2.14. The lowest BCUT2D eigenvalue weighted by molar-refractivity contribution is 0.0520. The van der Waals surface area contributed by atoms with E-state index in [0.29, 0.717) is 10.8 Å². The molecule has 0 amide bonds. The smallest absolute Gasteiger partial charge is 0.375 e. The molecule has 1 atom stereocenters. The van der Waals surface area contributed by atoms with E-state index in [2.05, 4.69) is 12.1 Å². The first kappa shape index (κ1) is 13.8. The van der Waals surface area contributed by atoms with Gasteiger partial charge in [0.2, 0.25) is 0 Å². The number of hydrogen-bond acceptors (Lipinski definition) is 5. The predicted molar refractivity (Wildman–Crippen MR) is 81.9 cm³/mol. The fourth-order valence-electron chi connectivity index (χ4n) is 2.54. The lowest BCUT2D eigenvalue weighted by atomic mass is 9.83. The highest BCUT2D eigenvalue weighted by atomic mass is 32.1. The summed E-state index contributed by atoms with van der Waals surface area (Å²) in [5, 5.41) is 15.5. The largest absolute Gasteiger partial charge is 0.508 e. The van der Waals surface area contributed by atoms with E-state index in [1.807, 2.05) is 11.4 Å². The summed E-state index contributed by atoms with van der Waals surface area (Å²) < 4.78 is 0. The second-order valence-corrected chi connectivity index (χ2v) is 6.20. The van der Waals surface area contributed by atoms with Gasteiger partial charge in [0.1, 0.15) is 10.6 Å². The Morgan fingerprint density at radius 2 is 2.24 bits per heavy atom. The number of carbonyl (C=O) groups is 1. The lowest BCUT2D eigenvalue weighted by Gasteiger charge is -2.22. The molecule has 4 nitrogen and oxygen atoms in total. The summed E-state index contributed by atoms with van der Waals surface area (Å²) >= 11 is 1.33. The molecule has 108 valence electrons. The normalized spacial score (nSPS) is 19.3. The van der Waals surface area contributed by atoms with Crippen molar-refractivity contribution < 1.29 is 14.7 Å². The molecule has 2 aromatic rings. The molecule has 0 fully saturated rings. The number of carbonyl (C=O) groups excluding carboxylic acids is 1. The Morgan fingerprint density at radius 1 is 1.38 bits per heavy atom. The average molecular weight is 301 g/mol. The standard InChI is InChI=1S/C16H15NO3S/c1-10-7-11-9-12(18)4-5-13(11)14(8-10)17-20-16(19)15-3-2-6-21-15/h2-6,9-10,18H,7-8H2,1H3/b17-14+/t10-/m0/s1. The van der Waals surface area contributed by atoms with Gasteiger partial charge in [-0.1, -0.05) is 18.1 Å². The number of benzene rings is 1. The van der Waals surface area contributed by atoms with Crippen LogP contribution < -0.4 is 0 Å². The molecule has 1 aliphatic rings. The van der Waals surface area contributed by atoms with E-state index < -0.39 is 5.97 Å². The summed E-state index contributed by atoms with van der Waals surface area (Å²) in [6.07, 6.45) is 1.65. The summed E-state index contributed by atoms with van der Waals surface area (Å²) in [4.78, 5) is 17.4. The molecule has 0 unspecified atom stereocenters. The Morgan fingerprint density at radius 3 is 3.00 bits per heavy atom. The van der Waals surface area contributed by atoms with Crippen LogP contribution in [-0.2, 0) is 11.3 Å². The van der Waals surface area contributed by atoms with Crippen LogP contribution in [0.4, 0.5) is 0 Å². The first-order valence-electron chi connectivity index (χ1n) is 6.77. The zero-order valence-corrected chi connectivity index (χ0v) is 12.4. The lowest BCUT2D eigenvalue weighted by Crippen LogP contribution is -2.19. The molecular weight excluding hydrogens is 286 g/mol. The van der Waals surface area contributed by atoms with Crippen LogP contribution in [0.2, 0.25) is 0 Å². The van der Waals surface area contributed by atoms with Crippen LogP contribution in [0.25, 0.3) is 0 Å². The van der Waals surface area contributed by atoms with Crippen molar-refractivity contribution in [2.45, 2.75) is 19.8 Å². The van der Waals surface area contributed by atoms with Crippen molar-refractivity contribution in [2.75, 3.05) is 0 Å². The predicted octanol–water partition coefficient (Wildman–Crippen LogP) is 3.60. The Labute approximate surface area is 126 Å². The number of nitrogens with zero attached hydrogens (tertiary/aromatic N) is 1. The molecule has 0 bridgehead atoms. The maximum Gasteiger partial charge on any atom is 0.375 e. The van der Waals surface area contributed by atoms with E-state index >= 15 is 0 Å². The topological polar surface area (TPSA) is 58.9 Å². The number of aromatic hydroxyl groups is 1. The van der Waals surface area contributed by atoms with Crippen molar-refractivity contribution in [3.05, 3.63) is 51.7 Å². The monoisotopic (exact) mass is 301 g/mol. The molecule has 5 heteroatoms. The molecule has 1 aromatic heterocycles. The van der Waals surface area contributed by atoms with E-state index in [1.54, 1.807) is 24.3 Å². The summed E-state index contributed by atoms with van der Waals surface area (Å²) in [5.41, 5.74) is 2.75. The maximum atomic E-state index is 11.8. The van der Waals surface area contributed by atoms with E-state index in [0.717, 1.165) is 29.7 Å². The number of oxime groups is 1. The van der Waals surface area contributed by atoms with E-state index in [-0.39, 0.29) is 5.75 Å². The van der Waals surface area contributed by atoms with E-state index in [1.165, 1.54) is 11.3 Å². The average Bonchev–Trinajstić information content (AvgIpc) is 2.97. The number of rotatable bonds is 2. The summed E-state index contributed by atoms with van der Waals surface area (Å²) in [6.45, 7) is 2.11. The third-order valence-corrected chi connectivity index (χ3v) is 4.32. The van der Waals surface area contributed by atoms with E-state index in [4.69, 9.17) is 4.84 Å². The summed E-state index contributed by atoms with van der Waals surface area (Å²) in [7, 11) is 0. The first-order chi connectivity index (χ1) is 10.1. The third kappa shape index (κ3) is 2.97. The van der Waals surface area contributed by atoms with Crippen LogP contribution in [-0.4, -0.2) is 16.8 Å². The van der Waals surface area contributed by atoms with Gasteiger partial charge < -0.3 is 9.94 Å². The number of phenols is 1. The van der Waals surface area contributed by atoms with Gasteiger partial charge in [0.25, 0.3) is 0 Å². The molecule has 21 heavy (non-hydrogen) atoms. The Balaban J connectivity index is 1.85. The molecule has 1 aromatic carbocycles. The van der Waals surface area contributed by atoms with Crippen molar-refractivity contribution in [1.82, 2.24) is 0 Å². The zero-order chi connectivity index (χ0) is 14.8. The van der Waals surface area contributed by atoms with Crippen LogP contribution in [0.3, 0.4) is 0 Å². The minimum Gasteiger partial charge on any atom is -0.508 e. The Bertz CT molecular complexity index is 692. The van der Waals surface area contributed by atoms with Gasteiger partial charge in [-0.25, -0.2) is 4.79 Å². The van der Waals surface area contributed by atoms with Crippen molar-refractivity contribution in [3.8, 4) is 5.75 Å². The van der Waals surface area contributed by atoms with Gasteiger partial charge in [-0.05, 0) is 54.0 Å². The number of fused-ring (bicyclic) bond motifs is 1. The van der Waals surface area contributed by atoms with Crippen LogP contribution in [0, 0.1) is 5.92 Å². The van der Waals surface area contributed by atoms with Gasteiger partial charge in [-0.15, -0.1) is 11.3 Å². The van der Waals surface area contributed by atoms with Gasteiger partial charge in [0.15, 0.2) is 0 Å². The highest BCUT2D eigenvalue weighted by Crippen LogP contribution is 2.28. The Kier molecular flexibility index (Phi) is 3.75. The minimum absolute atomic E-state index is 0.248. The first-order valence-corrected chi connectivity index (χ1v) is 7.65. The number of thiophene rings is 1. The van der Waals surface area contributed by atoms with Crippen molar-refractivity contribution in [3.63, 3.8) is 0 Å². The molecule has 1 heterocycles. The number of hydrogen-bond donors (Lipinski definition) is 1. The van der Waals surface area contributed by atoms with Crippen LogP contribution in [0.5, 0.6) is 5.75 Å². The number of phenolic OH excluding ortho intramolecular Hbond substituents is 1. The van der Waals surface area contributed by atoms with Gasteiger partial charge in [0, 0.05) is 5.56 Å². The highest BCUT2D eigenvalue weighted by molar-refractivity contribution is 7.11. The second kappa shape index (κ2) is 5.69. The van der Waals surface area contributed by atoms with Crippen molar-refractivity contribution in [2.24, 2.45) is 11.1 Å². The molecule has 1 N–H and O–H groups in total. The quantitative estimate of drug-likeness (QED) is 0.681. The molecule has 0 spiro atoms. The van der Waals surface area contributed by atoms with Crippen LogP contribution in [0.15, 0.2) is 40.9 Å². The zero-order valence-electron chi connectivity index (χ0n) is 11.6. The molecule has 1 aliphatic carbocycles. The fraction of sp³-hybridized carbons (Fsp3) is 0.250. The highest BCUT2D eigenvalue weighted by Gasteiger charge is 2.22. The molecule has 0 aliphatic heterocycles.